The van der Waals surface area contributed by atoms with Gasteiger partial charge < -0.3 is 0 Å². The summed E-state index contributed by atoms with van der Waals surface area (Å²) in [5.74, 6) is 0.929. The minimum atomic E-state index is 0.00176. The van der Waals surface area contributed by atoms with Crippen LogP contribution in [0.5, 0.6) is 0 Å². The third-order valence-electron chi connectivity index (χ3n) is 2.40. The van der Waals surface area contributed by atoms with Crippen LogP contribution < -0.4 is 0 Å². The lowest BCUT2D eigenvalue weighted by Gasteiger charge is -2.20. The van der Waals surface area contributed by atoms with Gasteiger partial charge in [0.1, 0.15) is 0 Å². The number of hydrogen-bond acceptors (Lipinski definition) is 2. The average Bonchev–Trinajstić information content (AvgIpc) is 2.05. The number of rotatable bonds is 2. The Balaban J connectivity index is 2.80. The van der Waals surface area contributed by atoms with E-state index >= 15 is 0 Å². The molecular weight excluding hydrogens is 152 g/mol. The summed E-state index contributed by atoms with van der Waals surface area (Å²) in [6.07, 6.45) is 3.93. The summed E-state index contributed by atoms with van der Waals surface area (Å²) >= 11 is 0. The van der Waals surface area contributed by atoms with Crippen molar-refractivity contribution in [2.24, 2.45) is 11.8 Å². The molecule has 0 saturated carbocycles. The summed E-state index contributed by atoms with van der Waals surface area (Å²) in [7, 11) is 0. The molecule has 0 spiro atoms. The summed E-state index contributed by atoms with van der Waals surface area (Å²) < 4.78 is 0. The van der Waals surface area contributed by atoms with Crippen molar-refractivity contribution in [3.05, 3.63) is 11.6 Å². The highest BCUT2D eigenvalue weighted by Gasteiger charge is 2.21. The maximum absolute atomic E-state index is 11.1. The predicted molar refractivity (Wildman–Crippen MR) is 46.7 cm³/mol. The summed E-state index contributed by atoms with van der Waals surface area (Å²) in [6, 6.07) is 0. The Morgan fingerprint density at radius 2 is 2.25 bits per heavy atom. The lowest BCUT2D eigenvalue weighted by Crippen LogP contribution is -2.18. The van der Waals surface area contributed by atoms with E-state index < -0.39 is 0 Å². The number of carbonyl (C=O) groups is 2. The molecule has 1 rings (SSSR count). The normalized spacial score (nSPS) is 24.1. The molecule has 0 heterocycles. The lowest BCUT2D eigenvalue weighted by atomic mass is 9.83. The van der Waals surface area contributed by atoms with E-state index in [1.54, 1.807) is 0 Å². The standard InChI is InChI=1S/C10H14O2/c1-7(2)8-3-4-10(12)9(5-8)6-11/h5-8H,3-4H2,1-2H3. The smallest absolute Gasteiger partial charge is 0.165 e. The number of hydrogen-bond donors (Lipinski definition) is 0. The van der Waals surface area contributed by atoms with Gasteiger partial charge in [0, 0.05) is 6.42 Å². The molecule has 2 heteroatoms. The van der Waals surface area contributed by atoms with Gasteiger partial charge in [-0.25, -0.2) is 0 Å². The van der Waals surface area contributed by atoms with E-state index in [1.807, 2.05) is 6.08 Å². The molecule has 1 aliphatic rings. The van der Waals surface area contributed by atoms with Gasteiger partial charge >= 0.3 is 0 Å². The largest absolute Gasteiger partial charge is 0.298 e. The Kier molecular flexibility index (Phi) is 2.79. The fraction of sp³-hybridized carbons (Fsp3) is 0.600. The number of allylic oxidation sites excluding steroid dienone is 2. The molecule has 0 aromatic carbocycles. The summed E-state index contributed by atoms with van der Waals surface area (Å²) in [4.78, 5) is 21.5. The van der Waals surface area contributed by atoms with E-state index in [0.29, 0.717) is 30.1 Å². The first-order valence-electron chi connectivity index (χ1n) is 4.35. The van der Waals surface area contributed by atoms with Gasteiger partial charge in [-0.2, -0.15) is 0 Å². The van der Waals surface area contributed by atoms with E-state index in [4.69, 9.17) is 0 Å². The fourth-order valence-corrected chi connectivity index (χ4v) is 1.48. The molecule has 0 fully saturated rings. The molecule has 1 aliphatic carbocycles. The third-order valence-corrected chi connectivity index (χ3v) is 2.40. The summed E-state index contributed by atoms with van der Waals surface area (Å²) in [5.41, 5.74) is 0.375. The van der Waals surface area contributed by atoms with Crippen LogP contribution in [0.15, 0.2) is 11.6 Å². The monoisotopic (exact) mass is 166 g/mol. The zero-order valence-corrected chi connectivity index (χ0v) is 7.54. The third kappa shape index (κ3) is 1.81. The molecule has 66 valence electrons. The van der Waals surface area contributed by atoms with Crippen molar-refractivity contribution < 1.29 is 9.59 Å². The quantitative estimate of drug-likeness (QED) is 0.462. The van der Waals surface area contributed by atoms with Crippen molar-refractivity contribution in [1.29, 1.82) is 0 Å². The molecule has 0 aliphatic heterocycles. The average molecular weight is 166 g/mol. The minimum Gasteiger partial charge on any atom is -0.298 e. The molecule has 0 amide bonds. The second-order valence-corrected chi connectivity index (χ2v) is 3.61. The predicted octanol–water partition coefficient (Wildman–Crippen LogP) is 1.75. The number of carbonyl (C=O) groups excluding carboxylic acids is 2. The lowest BCUT2D eigenvalue weighted by molar-refractivity contribution is -0.118. The van der Waals surface area contributed by atoms with Gasteiger partial charge in [0.15, 0.2) is 12.1 Å². The van der Waals surface area contributed by atoms with Gasteiger partial charge in [0.05, 0.1) is 5.57 Å². The molecule has 0 saturated heterocycles. The Morgan fingerprint density at radius 1 is 1.58 bits per heavy atom. The Hall–Kier alpha value is -0.920. The number of Topliss-reactive ketones (excluding diaryl/α,β-unsaturated/α-hetero) is 1. The fourth-order valence-electron chi connectivity index (χ4n) is 1.48. The van der Waals surface area contributed by atoms with E-state index in [9.17, 15) is 9.59 Å². The second kappa shape index (κ2) is 3.65. The first kappa shape index (κ1) is 9.17. The van der Waals surface area contributed by atoms with Gasteiger partial charge in [-0.15, -0.1) is 0 Å². The summed E-state index contributed by atoms with van der Waals surface area (Å²) in [6.45, 7) is 4.22. The van der Waals surface area contributed by atoms with Crippen LogP contribution in [0, 0.1) is 11.8 Å². The van der Waals surface area contributed by atoms with Crippen LogP contribution in [0.25, 0.3) is 0 Å². The Bertz CT molecular complexity index is 226. The van der Waals surface area contributed by atoms with Crippen LogP contribution in [0.2, 0.25) is 0 Å². The zero-order valence-electron chi connectivity index (χ0n) is 7.54. The van der Waals surface area contributed by atoms with E-state index in [2.05, 4.69) is 13.8 Å². The van der Waals surface area contributed by atoms with E-state index in [1.165, 1.54) is 0 Å². The van der Waals surface area contributed by atoms with Crippen LogP contribution in [0.4, 0.5) is 0 Å². The molecule has 0 N–H and O–H groups in total. The maximum Gasteiger partial charge on any atom is 0.165 e. The van der Waals surface area contributed by atoms with Crippen molar-refractivity contribution >= 4 is 12.1 Å². The van der Waals surface area contributed by atoms with Crippen molar-refractivity contribution in [2.75, 3.05) is 0 Å². The van der Waals surface area contributed by atoms with Gasteiger partial charge in [0.25, 0.3) is 0 Å². The Labute approximate surface area is 72.7 Å². The number of aldehydes is 1. The van der Waals surface area contributed by atoms with Crippen LogP contribution in [0.3, 0.4) is 0 Å². The first-order valence-corrected chi connectivity index (χ1v) is 4.35. The second-order valence-electron chi connectivity index (χ2n) is 3.61. The molecule has 0 radical (unpaired) electrons. The first-order chi connectivity index (χ1) is 5.65. The highest BCUT2D eigenvalue weighted by atomic mass is 16.1. The van der Waals surface area contributed by atoms with Gasteiger partial charge in [-0.3, -0.25) is 9.59 Å². The molecule has 2 nitrogen and oxygen atoms in total. The maximum atomic E-state index is 11.1. The minimum absolute atomic E-state index is 0.00176. The zero-order chi connectivity index (χ0) is 9.14. The van der Waals surface area contributed by atoms with Crippen LogP contribution >= 0.6 is 0 Å². The molecule has 0 bridgehead atoms. The van der Waals surface area contributed by atoms with Crippen LogP contribution in [-0.2, 0) is 9.59 Å². The molecule has 0 aromatic rings. The Morgan fingerprint density at radius 3 is 2.75 bits per heavy atom. The van der Waals surface area contributed by atoms with Gasteiger partial charge in [-0.05, 0) is 18.3 Å². The molecular formula is C10H14O2. The number of ketones is 1. The van der Waals surface area contributed by atoms with Gasteiger partial charge in [-0.1, -0.05) is 19.9 Å². The molecule has 0 aromatic heterocycles. The van der Waals surface area contributed by atoms with Crippen LogP contribution in [0.1, 0.15) is 26.7 Å². The van der Waals surface area contributed by atoms with Crippen molar-refractivity contribution in [3.8, 4) is 0 Å². The molecule has 1 unspecified atom stereocenters. The summed E-state index contributed by atoms with van der Waals surface area (Å²) in [5, 5.41) is 0. The molecule has 1 atom stereocenters. The van der Waals surface area contributed by atoms with E-state index in [0.717, 1.165) is 6.42 Å². The van der Waals surface area contributed by atoms with E-state index in [-0.39, 0.29) is 5.78 Å². The SMILES string of the molecule is CC(C)C1C=C(C=O)C(=O)CC1. The highest BCUT2D eigenvalue weighted by molar-refractivity contribution is 6.12. The van der Waals surface area contributed by atoms with Crippen molar-refractivity contribution in [2.45, 2.75) is 26.7 Å². The molecule has 12 heavy (non-hydrogen) atoms. The van der Waals surface area contributed by atoms with Crippen molar-refractivity contribution in [1.82, 2.24) is 0 Å². The van der Waals surface area contributed by atoms with Crippen LogP contribution in [-0.4, -0.2) is 12.1 Å². The van der Waals surface area contributed by atoms with Crippen molar-refractivity contribution in [3.63, 3.8) is 0 Å². The topological polar surface area (TPSA) is 34.1 Å². The van der Waals surface area contributed by atoms with Gasteiger partial charge in [0.2, 0.25) is 0 Å². The highest BCUT2D eigenvalue weighted by Crippen LogP contribution is 2.25.